The number of hydrogen-bond acceptors (Lipinski definition) is 4. The van der Waals surface area contributed by atoms with Crippen molar-refractivity contribution in [3.63, 3.8) is 0 Å². The van der Waals surface area contributed by atoms with Crippen molar-refractivity contribution in [2.45, 2.75) is 19.1 Å². The smallest absolute Gasteiger partial charge is 0.325 e. The van der Waals surface area contributed by atoms with E-state index in [9.17, 15) is 18.0 Å². The fourth-order valence-corrected chi connectivity index (χ4v) is 3.43. The van der Waals surface area contributed by atoms with Gasteiger partial charge < -0.3 is 5.32 Å². The van der Waals surface area contributed by atoms with Gasteiger partial charge in [0.2, 0.25) is 11.9 Å². The first-order valence-electron chi connectivity index (χ1n) is 8.82. The summed E-state index contributed by atoms with van der Waals surface area (Å²) in [6.07, 6.45) is -3.14. The zero-order valence-corrected chi connectivity index (χ0v) is 15.3. The maximum Gasteiger partial charge on any atom is 0.416 e. The van der Waals surface area contributed by atoms with Crippen molar-refractivity contribution in [2.24, 2.45) is 10.9 Å². The average molecular weight is 399 g/mol. The number of carbonyl (C=O) groups excluding carboxylic acids is 1. The summed E-state index contributed by atoms with van der Waals surface area (Å²) >= 11 is 0. The van der Waals surface area contributed by atoms with E-state index in [-0.39, 0.29) is 5.69 Å². The fourth-order valence-electron chi connectivity index (χ4n) is 3.43. The molecule has 0 bridgehead atoms. The van der Waals surface area contributed by atoms with Gasteiger partial charge in [-0.1, -0.05) is 36.4 Å². The number of nitrogens with one attached hydrogen (secondary N) is 1. The molecule has 0 spiro atoms. The molecule has 2 aromatic carbocycles. The summed E-state index contributed by atoms with van der Waals surface area (Å²) in [5.41, 5.74) is 0.554. The van der Waals surface area contributed by atoms with E-state index in [0.29, 0.717) is 11.7 Å². The first-order chi connectivity index (χ1) is 13.8. The van der Waals surface area contributed by atoms with Gasteiger partial charge >= 0.3 is 6.18 Å². The van der Waals surface area contributed by atoms with Gasteiger partial charge in [0, 0.05) is 11.4 Å². The van der Waals surface area contributed by atoms with Crippen molar-refractivity contribution in [2.75, 3.05) is 5.32 Å². The number of carbonyl (C=O) groups is 1. The maximum absolute atomic E-state index is 13.1. The molecule has 148 valence electrons. The van der Waals surface area contributed by atoms with Gasteiger partial charge in [-0.05, 0) is 30.7 Å². The molecule has 1 aliphatic heterocycles. The van der Waals surface area contributed by atoms with Crippen LogP contribution in [-0.4, -0.2) is 26.4 Å². The monoisotopic (exact) mass is 399 g/mol. The van der Waals surface area contributed by atoms with Crippen molar-refractivity contribution in [3.05, 3.63) is 72.1 Å². The lowest BCUT2D eigenvalue weighted by atomic mass is 9.87. The topological polar surface area (TPSA) is 72.2 Å². The molecule has 1 aromatic heterocycles. The van der Waals surface area contributed by atoms with E-state index < -0.39 is 29.6 Å². The summed E-state index contributed by atoms with van der Waals surface area (Å²) in [6.45, 7) is 1.70. The highest BCUT2D eigenvalue weighted by molar-refractivity contribution is 6.10. The molecule has 3 aromatic rings. The Kier molecular flexibility index (Phi) is 4.65. The zero-order chi connectivity index (χ0) is 20.6. The number of amides is 1. The number of nitrogens with zero attached hydrogens (tertiary/aromatic N) is 4. The van der Waals surface area contributed by atoms with E-state index in [1.54, 1.807) is 11.6 Å². The van der Waals surface area contributed by atoms with Crippen molar-refractivity contribution < 1.29 is 18.0 Å². The normalized spacial score (nSPS) is 18.7. The van der Waals surface area contributed by atoms with Gasteiger partial charge in [0.05, 0.1) is 11.6 Å². The second kappa shape index (κ2) is 7.16. The molecule has 9 heteroatoms. The van der Waals surface area contributed by atoms with Crippen LogP contribution in [0.15, 0.2) is 65.9 Å². The summed E-state index contributed by atoms with van der Waals surface area (Å²) in [6, 6.07) is 13.3. The first-order valence-corrected chi connectivity index (χ1v) is 8.82. The van der Waals surface area contributed by atoms with E-state index in [1.165, 1.54) is 18.5 Å². The standard InChI is InChI=1S/C20H16F3N5O/c1-12-16(18(29)27-15-9-5-8-14(10-15)20(21,22)23)17(13-6-3-2-4-7-13)28-19(26-12)24-11-25-28/h2-11,16-17H,1H3,(H,27,29). The third-order valence-corrected chi connectivity index (χ3v) is 4.74. The Labute approximate surface area is 164 Å². The Morgan fingerprint density at radius 2 is 1.86 bits per heavy atom. The first kappa shape index (κ1) is 18.9. The van der Waals surface area contributed by atoms with E-state index in [2.05, 4.69) is 20.4 Å². The molecule has 0 saturated heterocycles. The molecule has 2 unspecified atom stereocenters. The molecule has 0 radical (unpaired) electrons. The quantitative estimate of drug-likeness (QED) is 0.716. The summed E-state index contributed by atoms with van der Waals surface area (Å²) in [5, 5.41) is 6.80. The maximum atomic E-state index is 13.1. The number of halogens is 3. The number of anilines is 1. The van der Waals surface area contributed by atoms with Crippen molar-refractivity contribution >= 4 is 23.3 Å². The molecule has 4 rings (SSSR count). The van der Waals surface area contributed by atoms with E-state index in [1.807, 2.05) is 30.3 Å². The molecule has 1 amide bonds. The largest absolute Gasteiger partial charge is 0.416 e. The molecule has 2 heterocycles. The number of rotatable bonds is 3. The van der Waals surface area contributed by atoms with Crippen LogP contribution in [0.1, 0.15) is 24.1 Å². The van der Waals surface area contributed by atoms with Crippen LogP contribution in [0, 0.1) is 5.92 Å². The Hall–Kier alpha value is -3.49. The van der Waals surface area contributed by atoms with E-state index >= 15 is 0 Å². The fraction of sp³-hybridized carbons (Fsp3) is 0.200. The summed E-state index contributed by atoms with van der Waals surface area (Å²) in [7, 11) is 0. The zero-order valence-electron chi connectivity index (χ0n) is 15.3. The number of aliphatic imine (C=N–C) groups is 1. The van der Waals surface area contributed by atoms with Crippen LogP contribution in [0.3, 0.4) is 0 Å². The second-order valence-corrected chi connectivity index (χ2v) is 6.66. The van der Waals surface area contributed by atoms with Crippen LogP contribution < -0.4 is 5.32 Å². The van der Waals surface area contributed by atoms with Crippen LogP contribution in [-0.2, 0) is 11.0 Å². The van der Waals surface area contributed by atoms with Crippen LogP contribution >= 0.6 is 0 Å². The summed E-state index contributed by atoms with van der Waals surface area (Å²) in [5.74, 6) is -0.860. The van der Waals surface area contributed by atoms with Gasteiger partial charge in [0.25, 0.3) is 0 Å². The molecular formula is C20H16F3N5O. The van der Waals surface area contributed by atoms with Crippen LogP contribution in [0.25, 0.3) is 0 Å². The summed E-state index contributed by atoms with van der Waals surface area (Å²) < 4.78 is 40.5. The minimum absolute atomic E-state index is 0.0637. The molecule has 0 saturated carbocycles. The van der Waals surface area contributed by atoms with Crippen LogP contribution in [0.4, 0.5) is 24.8 Å². The molecule has 6 nitrogen and oxygen atoms in total. The second-order valence-electron chi connectivity index (χ2n) is 6.66. The Morgan fingerprint density at radius 3 is 2.59 bits per heavy atom. The van der Waals surface area contributed by atoms with E-state index in [0.717, 1.165) is 17.7 Å². The molecule has 0 fully saturated rings. The molecule has 1 aliphatic rings. The minimum atomic E-state index is -4.49. The lowest BCUT2D eigenvalue weighted by molar-refractivity contribution is -0.137. The molecule has 2 atom stereocenters. The Bertz CT molecular complexity index is 1070. The molecule has 0 aliphatic carbocycles. The number of benzene rings is 2. The highest BCUT2D eigenvalue weighted by Crippen LogP contribution is 2.36. The number of hydrogen-bond donors (Lipinski definition) is 1. The highest BCUT2D eigenvalue weighted by atomic mass is 19.4. The van der Waals surface area contributed by atoms with Gasteiger partial charge in [-0.25, -0.2) is 9.67 Å². The molecule has 1 N–H and O–H groups in total. The van der Waals surface area contributed by atoms with Crippen molar-refractivity contribution in [1.29, 1.82) is 0 Å². The van der Waals surface area contributed by atoms with Gasteiger partial charge in [-0.3, -0.25) is 4.79 Å². The number of aromatic nitrogens is 3. The van der Waals surface area contributed by atoms with Gasteiger partial charge in [0.15, 0.2) is 0 Å². The third-order valence-electron chi connectivity index (χ3n) is 4.74. The number of fused-ring (bicyclic) bond motifs is 1. The van der Waals surface area contributed by atoms with Gasteiger partial charge in [-0.15, -0.1) is 0 Å². The highest BCUT2D eigenvalue weighted by Gasteiger charge is 2.39. The van der Waals surface area contributed by atoms with Gasteiger partial charge in [0.1, 0.15) is 12.2 Å². The minimum Gasteiger partial charge on any atom is -0.325 e. The van der Waals surface area contributed by atoms with E-state index in [4.69, 9.17) is 0 Å². The lowest BCUT2D eigenvalue weighted by Crippen LogP contribution is -2.39. The summed E-state index contributed by atoms with van der Waals surface area (Å²) in [4.78, 5) is 21.6. The van der Waals surface area contributed by atoms with Crippen molar-refractivity contribution in [1.82, 2.24) is 14.8 Å². The molecular weight excluding hydrogens is 383 g/mol. The Balaban J connectivity index is 1.70. The van der Waals surface area contributed by atoms with Crippen molar-refractivity contribution in [3.8, 4) is 0 Å². The lowest BCUT2D eigenvalue weighted by Gasteiger charge is -2.30. The third kappa shape index (κ3) is 3.63. The Morgan fingerprint density at radius 1 is 1.10 bits per heavy atom. The molecule has 29 heavy (non-hydrogen) atoms. The number of alkyl halides is 3. The SMILES string of the molecule is CC1=Nc2ncnn2C(c2ccccc2)C1C(=O)Nc1cccc(C(F)(F)F)c1. The predicted octanol–water partition coefficient (Wildman–Crippen LogP) is 4.25. The van der Waals surface area contributed by atoms with Gasteiger partial charge in [-0.2, -0.15) is 23.3 Å². The average Bonchev–Trinajstić information content (AvgIpc) is 3.15. The predicted molar refractivity (Wildman–Crippen MR) is 101 cm³/mol. The van der Waals surface area contributed by atoms with Crippen LogP contribution in [0.5, 0.6) is 0 Å². The van der Waals surface area contributed by atoms with Crippen LogP contribution in [0.2, 0.25) is 0 Å².